The summed E-state index contributed by atoms with van der Waals surface area (Å²) >= 11 is 0. The second-order valence-corrected chi connectivity index (χ2v) is 8.16. The van der Waals surface area contributed by atoms with E-state index in [1.807, 2.05) is 48.9 Å². The summed E-state index contributed by atoms with van der Waals surface area (Å²) in [6.07, 6.45) is 14.0. The molecule has 2 N–H and O–H groups in total. The lowest BCUT2D eigenvalue weighted by Gasteiger charge is -2.16. The lowest BCUT2D eigenvalue weighted by atomic mass is 10.0. The van der Waals surface area contributed by atoms with Crippen LogP contribution in [0, 0.1) is 0 Å². The summed E-state index contributed by atoms with van der Waals surface area (Å²) in [7, 11) is 0. The van der Waals surface area contributed by atoms with Gasteiger partial charge in [0.15, 0.2) is 0 Å². The first-order chi connectivity index (χ1) is 15.3. The van der Waals surface area contributed by atoms with Gasteiger partial charge in [0.1, 0.15) is 11.9 Å². The summed E-state index contributed by atoms with van der Waals surface area (Å²) in [4.78, 5) is 28.0. The van der Waals surface area contributed by atoms with E-state index in [0.717, 1.165) is 39.7 Å². The van der Waals surface area contributed by atoms with Gasteiger partial charge in [-0.2, -0.15) is 0 Å². The number of anilines is 1. The van der Waals surface area contributed by atoms with Gasteiger partial charge in [-0.05, 0) is 30.5 Å². The normalized spacial score (nSPS) is 15.0. The van der Waals surface area contributed by atoms with Crippen LogP contribution in [0.1, 0.15) is 48.9 Å². The van der Waals surface area contributed by atoms with E-state index in [1.165, 1.54) is 38.5 Å². The molecule has 156 valence electrons. The zero-order valence-electron chi connectivity index (χ0n) is 17.3. The number of hydrogen-bond donors (Lipinski definition) is 2. The van der Waals surface area contributed by atoms with E-state index >= 15 is 0 Å². The van der Waals surface area contributed by atoms with Crippen LogP contribution in [-0.2, 0) is 0 Å². The zero-order chi connectivity index (χ0) is 21.0. The van der Waals surface area contributed by atoms with Crippen molar-refractivity contribution in [3.05, 3.63) is 60.6 Å². The highest BCUT2D eigenvalue weighted by Gasteiger charge is 2.15. The van der Waals surface area contributed by atoms with Gasteiger partial charge in [-0.3, -0.25) is 4.79 Å². The Morgan fingerprint density at radius 2 is 1.77 bits per heavy atom. The van der Waals surface area contributed by atoms with Crippen LogP contribution in [0.15, 0.2) is 55.0 Å². The molecule has 31 heavy (non-hydrogen) atoms. The molecule has 4 aromatic rings. The SMILES string of the molecule is O=Cc1ccc(-c2cnc3[nH]cc(-c4ccnc(NC5CCCCCC5)n4)c3c2)cc1. The lowest BCUT2D eigenvalue weighted by molar-refractivity contribution is 0.112. The highest BCUT2D eigenvalue weighted by molar-refractivity contribution is 5.95. The van der Waals surface area contributed by atoms with Crippen LogP contribution in [0.25, 0.3) is 33.4 Å². The maximum absolute atomic E-state index is 10.9. The van der Waals surface area contributed by atoms with Gasteiger partial charge in [-0.15, -0.1) is 0 Å². The molecule has 1 saturated carbocycles. The monoisotopic (exact) mass is 411 g/mol. The van der Waals surface area contributed by atoms with Gasteiger partial charge in [-0.25, -0.2) is 15.0 Å². The highest BCUT2D eigenvalue weighted by atomic mass is 16.1. The van der Waals surface area contributed by atoms with Gasteiger partial charge < -0.3 is 10.3 Å². The number of aromatic nitrogens is 4. The van der Waals surface area contributed by atoms with Crippen molar-refractivity contribution in [3.63, 3.8) is 0 Å². The third kappa shape index (κ3) is 4.19. The Kier molecular flexibility index (Phi) is 5.44. The summed E-state index contributed by atoms with van der Waals surface area (Å²) < 4.78 is 0. The quantitative estimate of drug-likeness (QED) is 0.328. The lowest BCUT2D eigenvalue weighted by Crippen LogP contribution is -2.19. The number of fused-ring (bicyclic) bond motifs is 1. The van der Waals surface area contributed by atoms with E-state index in [0.29, 0.717) is 17.6 Å². The number of carbonyl (C=O) groups excluding carboxylic acids is 1. The Morgan fingerprint density at radius 1 is 0.968 bits per heavy atom. The first kappa shape index (κ1) is 19.4. The molecule has 0 amide bonds. The van der Waals surface area contributed by atoms with Gasteiger partial charge in [-0.1, -0.05) is 49.9 Å². The summed E-state index contributed by atoms with van der Waals surface area (Å²) in [5.74, 6) is 0.687. The van der Waals surface area contributed by atoms with Crippen molar-refractivity contribution in [2.75, 3.05) is 5.32 Å². The van der Waals surface area contributed by atoms with Crippen LogP contribution >= 0.6 is 0 Å². The molecule has 1 fully saturated rings. The van der Waals surface area contributed by atoms with Crippen molar-refractivity contribution in [1.29, 1.82) is 0 Å². The van der Waals surface area contributed by atoms with Gasteiger partial charge in [0.2, 0.25) is 5.95 Å². The van der Waals surface area contributed by atoms with Crippen LogP contribution in [-0.4, -0.2) is 32.3 Å². The Bertz CT molecular complexity index is 1190. The zero-order valence-corrected chi connectivity index (χ0v) is 17.3. The smallest absolute Gasteiger partial charge is 0.223 e. The summed E-state index contributed by atoms with van der Waals surface area (Å²) in [6, 6.07) is 12.0. The van der Waals surface area contributed by atoms with Crippen molar-refractivity contribution in [3.8, 4) is 22.4 Å². The Balaban J connectivity index is 1.46. The molecule has 1 aliphatic rings. The fraction of sp³-hybridized carbons (Fsp3) is 0.280. The molecule has 0 spiro atoms. The van der Waals surface area contributed by atoms with E-state index in [-0.39, 0.29) is 0 Å². The topological polar surface area (TPSA) is 83.6 Å². The molecule has 3 heterocycles. The third-order valence-electron chi connectivity index (χ3n) is 6.03. The molecule has 6 nitrogen and oxygen atoms in total. The minimum atomic E-state index is 0.448. The molecule has 0 atom stereocenters. The number of aldehydes is 1. The summed E-state index contributed by atoms with van der Waals surface area (Å²) in [6.45, 7) is 0. The maximum Gasteiger partial charge on any atom is 0.223 e. The van der Waals surface area contributed by atoms with E-state index in [4.69, 9.17) is 4.98 Å². The van der Waals surface area contributed by atoms with Crippen LogP contribution < -0.4 is 5.32 Å². The van der Waals surface area contributed by atoms with Gasteiger partial charge in [0.05, 0.1) is 5.69 Å². The van der Waals surface area contributed by atoms with Crippen molar-refractivity contribution in [1.82, 2.24) is 19.9 Å². The van der Waals surface area contributed by atoms with Crippen LogP contribution in [0.3, 0.4) is 0 Å². The second-order valence-electron chi connectivity index (χ2n) is 8.16. The molecule has 6 heteroatoms. The highest BCUT2D eigenvalue weighted by Crippen LogP contribution is 2.30. The molecule has 3 aromatic heterocycles. The van der Waals surface area contributed by atoms with Crippen molar-refractivity contribution in [2.45, 2.75) is 44.6 Å². The van der Waals surface area contributed by atoms with Crippen LogP contribution in [0.2, 0.25) is 0 Å². The van der Waals surface area contributed by atoms with Crippen molar-refractivity contribution in [2.24, 2.45) is 0 Å². The van der Waals surface area contributed by atoms with E-state index in [9.17, 15) is 4.79 Å². The molecular weight excluding hydrogens is 386 g/mol. The number of H-pyrrole nitrogens is 1. The first-order valence-corrected chi connectivity index (χ1v) is 10.9. The van der Waals surface area contributed by atoms with Crippen LogP contribution in [0.5, 0.6) is 0 Å². The second kappa shape index (κ2) is 8.68. The number of carbonyl (C=O) groups is 1. The van der Waals surface area contributed by atoms with Gasteiger partial charge in [0.25, 0.3) is 0 Å². The number of nitrogens with zero attached hydrogens (tertiary/aromatic N) is 3. The summed E-state index contributed by atoms with van der Waals surface area (Å²) in [5.41, 5.74) is 5.37. The molecule has 0 unspecified atom stereocenters. The Morgan fingerprint density at radius 3 is 2.55 bits per heavy atom. The van der Waals surface area contributed by atoms with Crippen molar-refractivity contribution < 1.29 is 4.79 Å². The fourth-order valence-corrected chi connectivity index (χ4v) is 4.31. The average Bonchev–Trinajstić information content (AvgIpc) is 3.07. The standard InChI is InChI=1S/C25H25N5O/c31-16-17-7-9-18(10-8-17)19-13-21-22(15-28-24(21)27-14-19)23-11-12-26-25(30-23)29-20-5-3-1-2-4-6-20/h7-16,20H,1-6H2,(H,27,28)(H,26,29,30). The van der Waals surface area contributed by atoms with E-state index in [1.54, 1.807) is 0 Å². The van der Waals surface area contributed by atoms with Crippen molar-refractivity contribution >= 4 is 23.3 Å². The predicted molar refractivity (Wildman–Crippen MR) is 123 cm³/mol. The molecular formula is C25H25N5O. The van der Waals surface area contributed by atoms with E-state index in [2.05, 4.69) is 26.3 Å². The predicted octanol–water partition coefficient (Wildman–Crippen LogP) is 5.63. The fourth-order valence-electron chi connectivity index (χ4n) is 4.31. The molecule has 1 aromatic carbocycles. The molecule has 5 rings (SSSR count). The minimum absolute atomic E-state index is 0.448. The largest absolute Gasteiger partial charge is 0.351 e. The number of pyridine rings is 1. The van der Waals surface area contributed by atoms with Gasteiger partial charge >= 0.3 is 0 Å². The maximum atomic E-state index is 10.9. The van der Waals surface area contributed by atoms with Crippen LogP contribution in [0.4, 0.5) is 5.95 Å². The number of benzene rings is 1. The third-order valence-corrected chi connectivity index (χ3v) is 6.03. The minimum Gasteiger partial charge on any atom is -0.351 e. The van der Waals surface area contributed by atoms with E-state index < -0.39 is 0 Å². The average molecular weight is 412 g/mol. The van der Waals surface area contributed by atoms with Gasteiger partial charge in [0, 0.05) is 46.7 Å². The number of aromatic amines is 1. The summed E-state index contributed by atoms with van der Waals surface area (Å²) in [5, 5.41) is 4.55. The molecule has 0 radical (unpaired) electrons. The Labute approximate surface area is 181 Å². The molecule has 0 aliphatic heterocycles. The first-order valence-electron chi connectivity index (χ1n) is 10.9. The number of rotatable bonds is 5. The molecule has 0 saturated heterocycles. The number of nitrogens with one attached hydrogen (secondary N) is 2. The number of hydrogen-bond acceptors (Lipinski definition) is 5. The Hall–Kier alpha value is -3.54. The molecule has 1 aliphatic carbocycles. The molecule has 0 bridgehead atoms.